The minimum absolute atomic E-state index is 0.0561. The molecule has 0 aromatic rings. The van der Waals surface area contributed by atoms with Crippen LogP contribution >= 0.6 is 0 Å². The van der Waals surface area contributed by atoms with Crippen LogP contribution in [0.2, 0.25) is 0 Å². The zero-order chi connectivity index (χ0) is 16.1. The summed E-state index contributed by atoms with van der Waals surface area (Å²) < 4.78 is 5.53. The van der Waals surface area contributed by atoms with Crippen molar-refractivity contribution >= 4 is 5.91 Å². The normalized spacial score (nSPS) is 24.9. The van der Waals surface area contributed by atoms with Crippen molar-refractivity contribution in [2.45, 2.75) is 57.9 Å². The lowest BCUT2D eigenvalue weighted by Crippen LogP contribution is -2.54. The highest BCUT2D eigenvalue weighted by atomic mass is 16.5. The number of carbonyl (C=O) groups excluding carboxylic acids is 1. The van der Waals surface area contributed by atoms with Crippen molar-refractivity contribution in [1.29, 1.82) is 0 Å². The lowest BCUT2D eigenvalue weighted by atomic mass is 9.71. The molecule has 0 unspecified atom stereocenters. The third-order valence-corrected chi connectivity index (χ3v) is 5.40. The number of nitrogens with two attached hydrogens (primary N) is 1. The molecule has 0 radical (unpaired) electrons. The predicted molar refractivity (Wildman–Crippen MR) is 88.7 cm³/mol. The number of rotatable bonds is 6. The van der Waals surface area contributed by atoms with Crippen molar-refractivity contribution in [1.82, 2.24) is 10.2 Å². The number of nitrogens with one attached hydrogen (secondary N) is 1. The van der Waals surface area contributed by atoms with Gasteiger partial charge in [-0.15, -0.1) is 0 Å². The van der Waals surface area contributed by atoms with Gasteiger partial charge in [0.15, 0.2) is 0 Å². The van der Waals surface area contributed by atoms with E-state index >= 15 is 0 Å². The van der Waals surface area contributed by atoms with Crippen molar-refractivity contribution < 1.29 is 9.53 Å². The molecule has 0 aromatic carbocycles. The van der Waals surface area contributed by atoms with Crippen LogP contribution in [0.15, 0.2) is 0 Å². The van der Waals surface area contributed by atoms with Gasteiger partial charge < -0.3 is 15.8 Å². The molecule has 2 fully saturated rings. The molecule has 128 valence electrons. The predicted octanol–water partition coefficient (Wildman–Crippen LogP) is 1.51. The summed E-state index contributed by atoms with van der Waals surface area (Å²) in [5, 5.41) is 3.10. The van der Waals surface area contributed by atoms with Gasteiger partial charge in [0, 0.05) is 31.6 Å². The lowest BCUT2D eigenvalue weighted by Gasteiger charge is -2.42. The monoisotopic (exact) mass is 311 g/mol. The highest BCUT2D eigenvalue weighted by Gasteiger charge is 2.33. The third-order valence-electron chi connectivity index (χ3n) is 5.40. The number of nitrogens with zero attached hydrogens (tertiary/aromatic N) is 1. The van der Waals surface area contributed by atoms with E-state index in [0.717, 1.165) is 39.1 Å². The van der Waals surface area contributed by atoms with Crippen LogP contribution in [-0.4, -0.2) is 55.7 Å². The van der Waals surface area contributed by atoms with Crippen LogP contribution < -0.4 is 11.1 Å². The van der Waals surface area contributed by atoms with Gasteiger partial charge in [-0.05, 0) is 38.6 Å². The molecule has 5 nitrogen and oxygen atoms in total. The van der Waals surface area contributed by atoms with Crippen LogP contribution in [0.25, 0.3) is 0 Å². The van der Waals surface area contributed by atoms with Gasteiger partial charge in [-0.3, -0.25) is 9.69 Å². The number of hydrogen-bond acceptors (Lipinski definition) is 4. The molecule has 1 amide bonds. The average molecular weight is 311 g/mol. The molecule has 2 aliphatic rings. The Bertz CT molecular complexity index is 365. The smallest absolute Gasteiger partial charge is 0.220 e. The van der Waals surface area contributed by atoms with Gasteiger partial charge in [-0.25, -0.2) is 0 Å². The zero-order valence-electron chi connectivity index (χ0n) is 14.3. The number of ether oxygens (including phenoxy) is 1. The fraction of sp³-hybridized carbons (Fsp3) is 0.941. The Morgan fingerprint density at radius 3 is 2.64 bits per heavy atom. The Balaban J connectivity index is 1.73. The molecule has 1 heterocycles. The van der Waals surface area contributed by atoms with Gasteiger partial charge in [-0.1, -0.05) is 19.3 Å². The molecule has 1 saturated heterocycles. The van der Waals surface area contributed by atoms with E-state index in [0.29, 0.717) is 19.5 Å². The van der Waals surface area contributed by atoms with Crippen LogP contribution in [-0.2, 0) is 9.53 Å². The molecule has 1 aliphatic carbocycles. The van der Waals surface area contributed by atoms with Crippen molar-refractivity contribution in [3.8, 4) is 0 Å². The van der Waals surface area contributed by atoms with E-state index in [1.807, 2.05) is 0 Å². The highest BCUT2D eigenvalue weighted by Crippen LogP contribution is 2.38. The Morgan fingerprint density at radius 2 is 2.00 bits per heavy atom. The summed E-state index contributed by atoms with van der Waals surface area (Å²) in [4.78, 5) is 14.7. The SMILES string of the molecule is CC1(C)COCCN1CCNC(=O)CC1(CN)CCCCC1. The first-order chi connectivity index (χ1) is 10.5. The number of hydrogen-bond donors (Lipinski definition) is 2. The fourth-order valence-corrected chi connectivity index (χ4v) is 3.79. The van der Waals surface area contributed by atoms with E-state index < -0.39 is 0 Å². The summed E-state index contributed by atoms with van der Waals surface area (Å²) in [6.45, 7) is 9.11. The number of carbonyl (C=O) groups is 1. The lowest BCUT2D eigenvalue weighted by molar-refractivity contribution is -0.124. The topological polar surface area (TPSA) is 67.6 Å². The molecule has 0 bridgehead atoms. The Kier molecular flexibility index (Phi) is 6.24. The van der Waals surface area contributed by atoms with Crippen molar-refractivity contribution in [3.05, 3.63) is 0 Å². The second-order valence-corrected chi connectivity index (χ2v) is 7.64. The maximum absolute atomic E-state index is 12.3. The molecule has 0 spiro atoms. The fourth-order valence-electron chi connectivity index (χ4n) is 3.79. The van der Waals surface area contributed by atoms with Crippen LogP contribution in [0.4, 0.5) is 0 Å². The summed E-state index contributed by atoms with van der Waals surface area (Å²) >= 11 is 0. The minimum Gasteiger partial charge on any atom is -0.378 e. The van der Waals surface area contributed by atoms with Gasteiger partial charge in [0.2, 0.25) is 5.91 Å². The van der Waals surface area contributed by atoms with Gasteiger partial charge >= 0.3 is 0 Å². The van der Waals surface area contributed by atoms with E-state index in [-0.39, 0.29) is 16.9 Å². The highest BCUT2D eigenvalue weighted by molar-refractivity contribution is 5.76. The van der Waals surface area contributed by atoms with E-state index in [2.05, 4.69) is 24.1 Å². The van der Waals surface area contributed by atoms with Crippen molar-refractivity contribution in [2.75, 3.05) is 39.4 Å². The number of morpholine rings is 1. The van der Waals surface area contributed by atoms with Crippen LogP contribution in [0.5, 0.6) is 0 Å². The summed E-state index contributed by atoms with van der Waals surface area (Å²) in [6.07, 6.45) is 6.52. The maximum atomic E-state index is 12.3. The molecule has 3 N–H and O–H groups in total. The molecule has 1 aliphatic heterocycles. The van der Waals surface area contributed by atoms with E-state index in [4.69, 9.17) is 10.5 Å². The summed E-state index contributed by atoms with van der Waals surface area (Å²) in [5.41, 5.74) is 6.08. The molecule has 0 aromatic heterocycles. The molecular formula is C17H33N3O2. The maximum Gasteiger partial charge on any atom is 0.220 e. The van der Waals surface area contributed by atoms with Gasteiger partial charge in [0.05, 0.1) is 13.2 Å². The molecule has 0 atom stereocenters. The average Bonchev–Trinajstić information content (AvgIpc) is 2.49. The quantitative estimate of drug-likeness (QED) is 0.780. The summed E-state index contributed by atoms with van der Waals surface area (Å²) in [5.74, 6) is 0.165. The molecule has 2 rings (SSSR count). The molecular weight excluding hydrogens is 278 g/mol. The van der Waals surface area contributed by atoms with Crippen LogP contribution in [0.3, 0.4) is 0 Å². The van der Waals surface area contributed by atoms with Crippen molar-refractivity contribution in [3.63, 3.8) is 0 Å². The van der Waals surface area contributed by atoms with Crippen LogP contribution in [0, 0.1) is 5.41 Å². The first-order valence-electron chi connectivity index (χ1n) is 8.77. The number of amides is 1. The van der Waals surface area contributed by atoms with Gasteiger partial charge in [0.1, 0.15) is 0 Å². The summed E-state index contributed by atoms with van der Waals surface area (Å²) in [7, 11) is 0. The van der Waals surface area contributed by atoms with Gasteiger partial charge in [0.25, 0.3) is 0 Å². The second-order valence-electron chi connectivity index (χ2n) is 7.64. The summed E-state index contributed by atoms with van der Waals surface area (Å²) in [6, 6.07) is 0. The van der Waals surface area contributed by atoms with E-state index in [9.17, 15) is 4.79 Å². The van der Waals surface area contributed by atoms with E-state index in [1.165, 1.54) is 19.3 Å². The molecule has 5 heteroatoms. The first kappa shape index (κ1) is 17.7. The first-order valence-corrected chi connectivity index (χ1v) is 8.77. The Morgan fingerprint density at radius 1 is 1.27 bits per heavy atom. The largest absolute Gasteiger partial charge is 0.378 e. The van der Waals surface area contributed by atoms with Gasteiger partial charge in [-0.2, -0.15) is 0 Å². The molecule has 22 heavy (non-hydrogen) atoms. The van der Waals surface area contributed by atoms with E-state index in [1.54, 1.807) is 0 Å². The second kappa shape index (κ2) is 7.75. The van der Waals surface area contributed by atoms with Crippen LogP contribution in [0.1, 0.15) is 52.4 Å². The Hall–Kier alpha value is -0.650. The van der Waals surface area contributed by atoms with Crippen molar-refractivity contribution in [2.24, 2.45) is 11.1 Å². The molecule has 1 saturated carbocycles. The standard InChI is InChI=1S/C17H33N3O2/c1-16(2)14-22-11-10-20(16)9-8-19-15(21)12-17(13-18)6-4-3-5-7-17/h3-14,18H2,1-2H3,(H,19,21). The minimum atomic E-state index is 0.0561. The Labute approximate surface area is 134 Å². The third kappa shape index (κ3) is 4.67. The zero-order valence-corrected chi connectivity index (χ0v) is 14.3.